The van der Waals surface area contributed by atoms with Crippen LogP contribution in [-0.2, 0) is 9.53 Å². The molecule has 9 nitrogen and oxygen atoms in total. The molecule has 9 heteroatoms. The summed E-state index contributed by atoms with van der Waals surface area (Å²) in [6, 6.07) is 17.1. The Morgan fingerprint density at radius 1 is 1.14 bits per heavy atom. The van der Waals surface area contributed by atoms with Crippen molar-refractivity contribution in [2.75, 3.05) is 36.1 Å². The number of hydrogen-bond acceptors (Lipinski definition) is 8. The molecule has 5 N–H and O–H groups in total. The van der Waals surface area contributed by atoms with E-state index in [1.807, 2.05) is 54.6 Å². The molecule has 1 fully saturated rings. The maximum Gasteiger partial charge on any atom is 0.247 e. The van der Waals surface area contributed by atoms with Gasteiger partial charge in [0, 0.05) is 29.7 Å². The van der Waals surface area contributed by atoms with Gasteiger partial charge in [0.1, 0.15) is 11.9 Å². The average molecular weight is 468 g/mol. The van der Waals surface area contributed by atoms with Crippen molar-refractivity contribution in [3.8, 4) is 11.1 Å². The number of carbonyl (C=O) groups is 1. The standard InChI is InChI=1S/C26H25N7O2/c1-2-23(34)30-17-6-3-5-16(13-17)19-7-4-8-20-24(19)32-26(33-25(20)27)31-18-9-10-21(29-14-18)22-15-28-11-12-35-22/h2-10,13-14,22,28H,1,11-12,15H2,(H,30,34)(H3,27,31,32,33). The number of benzene rings is 2. The number of nitrogens with two attached hydrogens (primary N) is 1. The van der Waals surface area contributed by atoms with Crippen molar-refractivity contribution >= 4 is 40.0 Å². The van der Waals surface area contributed by atoms with Crippen LogP contribution in [0.5, 0.6) is 0 Å². The highest BCUT2D eigenvalue weighted by atomic mass is 16.5. The van der Waals surface area contributed by atoms with Gasteiger partial charge in [-0.25, -0.2) is 4.98 Å². The maximum absolute atomic E-state index is 11.7. The zero-order chi connectivity index (χ0) is 24.2. The first kappa shape index (κ1) is 22.5. The molecular weight excluding hydrogens is 442 g/mol. The number of nitrogens with zero attached hydrogens (tertiary/aromatic N) is 3. The molecular formula is C26H25N7O2. The molecule has 1 unspecified atom stereocenters. The summed E-state index contributed by atoms with van der Waals surface area (Å²) >= 11 is 0. The number of fused-ring (bicyclic) bond motifs is 1. The number of aromatic nitrogens is 3. The molecule has 2 aromatic heterocycles. The van der Waals surface area contributed by atoms with E-state index in [2.05, 4.69) is 32.5 Å². The molecule has 0 saturated carbocycles. The van der Waals surface area contributed by atoms with Crippen molar-refractivity contribution < 1.29 is 9.53 Å². The van der Waals surface area contributed by atoms with Crippen LogP contribution in [0.1, 0.15) is 11.8 Å². The summed E-state index contributed by atoms with van der Waals surface area (Å²) < 4.78 is 5.76. The Bertz CT molecular complexity index is 1380. The molecule has 1 atom stereocenters. The molecule has 176 valence electrons. The zero-order valence-electron chi connectivity index (χ0n) is 19.0. The predicted molar refractivity (Wildman–Crippen MR) is 137 cm³/mol. The minimum atomic E-state index is -0.274. The normalized spacial score (nSPS) is 15.5. The molecule has 1 aliphatic heterocycles. The quantitative estimate of drug-likeness (QED) is 0.315. The number of pyridine rings is 1. The number of nitrogen functional groups attached to an aromatic ring is 1. The van der Waals surface area contributed by atoms with Crippen molar-refractivity contribution in [2.45, 2.75) is 6.10 Å². The smallest absolute Gasteiger partial charge is 0.247 e. The van der Waals surface area contributed by atoms with Crippen LogP contribution in [-0.4, -0.2) is 40.6 Å². The van der Waals surface area contributed by atoms with Crippen molar-refractivity contribution in [1.82, 2.24) is 20.3 Å². The van der Waals surface area contributed by atoms with Crippen molar-refractivity contribution in [2.24, 2.45) is 0 Å². The highest BCUT2D eigenvalue weighted by Gasteiger charge is 2.17. The van der Waals surface area contributed by atoms with E-state index in [1.54, 1.807) is 6.20 Å². The number of anilines is 4. The van der Waals surface area contributed by atoms with Crippen LogP contribution in [0.15, 0.2) is 73.4 Å². The monoisotopic (exact) mass is 467 g/mol. The van der Waals surface area contributed by atoms with E-state index in [0.717, 1.165) is 41.0 Å². The summed E-state index contributed by atoms with van der Waals surface area (Å²) in [7, 11) is 0. The number of ether oxygens (including phenoxy) is 1. The lowest BCUT2D eigenvalue weighted by molar-refractivity contribution is -0.111. The number of rotatable bonds is 6. The molecule has 4 aromatic rings. The first-order valence-corrected chi connectivity index (χ1v) is 11.3. The third-order valence-corrected chi connectivity index (χ3v) is 5.68. The van der Waals surface area contributed by atoms with E-state index in [-0.39, 0.29) is 12.0 Å². The van der Waals surface area contributed by atoms with E-state index in [9.17, 15) is 4.79 Å². The largest absolute Gasteiger partial charge is 0.383 e. The summed E-state index contributed by atoms with van der Waals surface area (Å²) in [4.78, 5) is 25.5. The van der Waals surface area contributed by atoms with E-state index in [0.29, 0.717) is 29.6 Å². The molecule has 35 heavy (non-hydrogen) atoms. The number of amides is 1. The summed E-state index contributed by atoms with van der Waals surface area (Å²) in [5.41, 5.74) is 11.0. The first-order valence-electron chi connectivity index (χ1n) is 11.3. The third-order valence-electron chi connectivity index (χ3n) is 5.68. The van der Waals surface area contributed by atoms with E-state index in [4.69, 9.17) is 15.5 Å². The minimum Gasteiger partial charge on any atom is -0.383 e. The number of hydrogen-bond donors (Lipinski definition) is 4. The SMILES string of the molecule is C=CC(=O)Nc1cccc(-c2cccc3c(N)nc(Nc4ccc(C5CNCCO5)nc4)nc23)c1. The lowest BCUT2D eigenvalue weighted by atomic mass is 10.0. The van der Waals surface area contributed by atoms with Gasteiger partial charge in [0.15, 0.2) is 0 Å². The van der Waals surface area contributed by atoms with Gasteiger partial charge in [-0.1, -0.05) is 30.8 Å². The molecule has 0 bridgehead atoms. The molecule has 1 aliphatic rings. The topological polar surface area (TPSA) is 127 Å². The second-order valence-corrected chi connectivity index (χ2v) is 8.07. The molecule has 1 saturated heterocycles. The summed E-state index contributed by atoms with van der Waals surface area (Å²) in [6.45, 7) is 5.76. The van der Waals surface area contributed by atoms with Gasteiger partial charge in [-0.15, -0.1) is 0 Å². The summed E-state index contributed by atoms with van der Waals surface area (Å²) in [5.74, 6) is 0.453. The first-order chi connectivity index (χ1) is 17.1. The van der Waals surface area contributed by atoms with Crippen LogP contribution in [0.25, 0.3) is 22.0 Å². The Morgan fingerprint density at radius 3 is 2.80 bits per heavy atom. The molecule has 5 rings (SSSR count). The Hall–Kier alpha value is -4.34. The number of carbonyl (C=O) groups excluding carboxylic acids is 1. The second-order valence-electron chi connectivity index (χ2n) is 8.07. The van der Waals surface area contributed by atoms with Crippen LogP contribution in [0.4, 0.5) is 23.1 Å². The molecule has 0 aliphatic carbocycles. The van der Waals surface area contributed by atoms with Crippen molar-refractivity contribution in [1.29, 1.82) is 0 Å². The summed E-state index contributed by atoms with van der Waals surface area (Å²) in [5, 5.41) is 10.0. The predicted octanol–water partition coefficient (Wildman–Crippen LogP) is 3.80. The fourth-order valence-corrected chi connectivity index (χ4v) is 3.98. The van der Waals surface area contributed by atoms with Gasteiger partial charge in [-0.2, -0.15) is 4.98 Å². The second kappa shape index (κ2) is 9.88. The van der Waals surface area contributed by atoms with Crippen LogP contribution >= 0.6 is 0 Å². The van der Waals surface area contributed by atoms with Gasteiger partial charge < -0.3 is 26.4 Å². The molecule has 2 aromatic carbocycles. The van der Waals surface area contributed by atoms with E-state index < -0.39 is 0 Å². The number of nitrogens with one attached hydrogen (secondary N) is 3. The van der Waals surface area contributed by atoms with E-state index >= 15 is 0 Å². The molecule has 0 spiro atoms. The number of morpholine rings is 1. The van der Waals surface area contributed by atoms with Crippen LogP contribution in [0.2, 0.25) is 0 Å². The summed E-state index contributed by atoms with van der Waals surface area (Å²) in [6.07, 6.45) is 2.91. The highest BCUT2D eigenvalue weighted by molar-refractivity contribution is 6.01. The van der Waals surface area contributed by atoms with Gasteiger partial charge in [0.05, 0.1) is 29.7 Å². The number of para-hydroxylation sites is 1. The zero-order valence-corrected chi connectivity index (χ0v) is 19.0. The molecule has 3 heterocycles. The maximum atomic E-state index is 11.7. The van der Waals surface area contributed by atoms with Crippen LogP contribution in [0.3, 0.4) is 0 Å². The van der Waals surface area contributed by atoms with Crippen LogP contribution in [0, 0.1) is 0 Å². The lowest BCUT2D eigenvalue weighted by Gasteiger charge is -2.23. The van der Waals surface area contributed by atoms with Gasteiger partial charge in [0.2, 0.25) is 11.9 Å². The van der Waals surface area contributed by atoms with Crippen molar-refractivity contribution in [3.05, 3.63) is 79.1 Å². The Labute approximate surface area is 202 Å². The van der Waals surface area contributed by atoms with Gasteiger partial charge in [-0.05, 0) is 42.0 Å². The molecule has 1 amide bonds. The Morgan fingerprint density at radius 2 is 2.03 bits per heavy atom. The van der Waals surface area contributed by atoms with Crippen LogP contribution < -0.4 is 21.7 Å². The van der Waals surface area contributed by atoms with E-state index in [1.165, 1.54) is 6.08 Å². The Kier molecular flexibility index (Phi) is 6.34. The van der Waals surface area contributed by atoms with Gasteiger partial charge >= 0.3 is 0 Å². The highest BCUT2D eigenvalue weighted by Crippen LogP contribution is 2.32. The van der Waals surface area contributed by atoms with Gasteiger partial charge in [0.25, 0.3) is 0 Å². The Balaban J connectivity index is 1.45. The third kappa shape index (κ3) is 4.96. The fourth-order valence-electron chi connectivity index (χ4n) is 3.98. The average Bonchev–Trinajstić information content (AvgIpc) is 2.89. The van der Waals surface area contributed by atoms with Gasteiger partial charge in [-0.3, -0.25) is 9.78 Å². The minimum absolute atomic E-state index is 0.0556. The lowest BCUT2D eigenvalue weighted by Crippen LogP contribution is -2.33. The van der Waals surface area contributed by atoms with Crippen molar-refractivity contribution in [3.63, 3.8) is 0 Å². The molecule has 0 radical (unpaired) electrons. The fraction of sp³-hybridized carbons (Fsp3) is 0.154.